The summed E-state index contributed by atoms with van der Waals surface area (Å²) >= 11 is 6.10. The van der Waals surface area contributed by atoms with Gasteiger partial charge in [-0.15, -0.1) is 0 Å². The fraction of sp³-hybridized carbons (Fsp3) is 0.250. The summed E-state index contributed by atoms with van der Waals surface area (Å²) < 4.78 is 17.1. The van der Waals surface area contributed by atoms with Crippen LogP contribution in [0.5, 0.6) is 0 Å². The summed E-state index contributed by atoms with van der Waals surface area (Å²) in [5, 5.41) is 1.44. The molecular weight excluding hydrogens is 337 g/mol. The van der Waals surface area contributed by atoms with Gasteiger partial charge in [-0.05, 0) is 42.2 Å². The number of halogens is 1. The third-order valence-electron chi connectivity index (χ3n) is 3.67. The number of H-pyrrole nitrogens is 1. The van der Waals surface area contributed by atoms with Crippen LogP contribution in [0, 0.1) is 5.92 Å². The first kappa shape index (κ1) is 16.3. The zero-order chi connectivity index (χ0) is 16.8. The maximum absolute atomic E-state index is 11.7. The molecule has 23 heavy (non-hydrogen) atoms. The molecule has 5 nitrogen and oxygen atoms in total. The maximum Gasteiger partial charge on any atom is 0.360 e. The fourth-order valence-corrected chi connectivity index (χ4v) is 3.61. The quantitative estimate of drug-likeness (QED) is 0.617. The standard InChI is InChI=1S/C16H17ClNO4P/c1-9(2)7-12-11-8-10(17)3-4-13(11)18-15(12)16-14(5-6-22-16)23(19,20)21/h3-6,8-9,18H,7H2,1-2H3,(H2,19,20,21). The Labute approximate surface area is 138 Å². The van der Waals surface area contributed by atoms with Gasteiger partial charge >= 0.3 is 7.60 Å². The largest absolute Gasteiger partial charge is 0.462 e. The van der Waals surface area contributed by atoms with Crippen LogP contribution in [0.15, 0.2) is 34.9 Å². The average molecular weight is 354 g/mol. The van der Waals surface area contributed by atoms with Crippen molar-refractivity contribution in [1.82, 2.24) is 4.98 Å². The Morgan fingerprint density at radius 2 is 2.04 bits per heavy atom. The maximum atomic E-state index is 11.7. The van der Waals surface area contributed by atoms with Crippen LogP contribution < -0.4 is 5.30 Å². The minimum Gasteiger partial charge on any atom is -0.462 e. The number of aromatic amines is 1. The molecule has 2 heterocycles. The van der Waals surface area contributed by atoms with E-state index in [9.17, 15) is 14.4 Å². The monoisotopic (exact) mass is 353 g/mol. The topological polar surface area (TPSA) is 86.5 Å². The van der Waals surface area contributed by atoms with Gasteiger partial charge in [0.1, 0.15) is 5.30 Å². The van der Waals surface area contributed by atoms with Gasteiger partial charge in [-0.25, -0.2) is 0 Å². The molecule has 0 bridgehead atoms. The minimum atomic E-state index is -4.42. The highest BCUT2D eigenvalue weighted by Gasteiger charge is 2.28. The summed E-state index contributed by atoms with van der Waals surface area (Å²) in [4.78, 5) is 22.3. The molecule has 2 aromatic heterocycles. The normalized spacial score (nSPS) is 12.4. The molecule has 1 aromatic carbocycles. The molecule has 0 atom stereocenters. The van der Waals surface area contributed by atoms with Gasteiger partial charge in [-0.1, -0.05) is 25.4 Å². The van der Waals surface area contributed by atoms with E-state index in [0.29, 0.717) is 16.6 Å². The van der Waals surface area contributed by atoms with Crippen LogP contribution in [0.3, 0.4) is 0 Å². The lowest BCUT2D eigenvalue weighted by Gasteiger charge is -2.08. The molecule has 0 radical (unpaired) electrons. The SMILES string of the molecule is CC(C)Cc1c(-c2occc2P(=O)(O)O)[nH]c2ccc(Cl)cc12. The second kappa shape index (κ2) is 5.84. The number of furan rings is 1. The van der Waals surface area contributed by atoms with Crippen LogP contribution in [0.25, 0.3) is 22.4 Å². The van der Waals surface area contributed by atoms with Crippen LogP contribution in [0.4, 0.5) is 0 Å². The molecule has 0 aliphatic rings. The Morgan fingerprint density at radius 3 is 2.70 bits per heavy atom. The van der Waals surface area contributed by atoms with Crippen molar-refractivity contribution in [3.05, 3.63) is 41.1 Å². The number of benzene rings is 1. The third kappa shape index (κ3) is 3.10. The molecule has 0 amide bonds. The first-order chi connectivity index (χ1) is 10.8. The van der Waals surface area contributed by atoms with Crippen LogP contribution >= 0.6 is 19.2 Å². The van der Waals surface area contributed by atoms with Crippen LogP contribution in [-0.2, 0) is 11.0 Å². The van der Waals surface area contributed by atoms with E-state index in [1.54, 1.807) is 6.07 Å². The Balaban J connectivity index is 2.29. The molecule has 0 spiro atoms. The van der Waals surface area contributed by atoms with Gasteiger partial charge in [0.05, 0.1) is 12.0 Å². The van der Waals surface area contributed by atoms with Crippen LogP contribution in [0.1, 0.15) is 19.4 Å². The van der Waals surface area contributed by atoms with Crippen molar-refractivity contribution >= 4 is 35.4 Å². The van der Waals surface area contributed by atoms with Crippen molar-refractivity contribution in [2.75, 3.05) is 0 Å². The highest BCUT2D eigenvalue weighted by Crippen LogP contribution is 2.41. The van der Waals surface area contributed by atoms with E-state index >= 15 is 0 Å². The Morgan fingerprint density at radius 1 is 1.30 bits per heavy atom. The highest BCUT2D eigenvalue weighted by atomic mass is 35.5. The Kier molecular flexibility index (Phi) is 4.15. The second-order valence-corrected chi connectivity index (χ2v) is 7.95. The van der Waals surface area contributed by atoms with E-state index in [4.69, 9.17) is 16.0 Å². The van der Waals surface area contributed by atoms with E-state index in [0.717, 1.165) is 22.9 Å². The smallest absolute Gasteiger partial charge is 0.360 e. The summed E-state index contributed by atoms with van der Waals surface area (Å²) in [5.74, 6) is 0.543. The molecule has 0 aliphatic carbocycles. The first-order valence-electron chi connectivity index (χ1n) is 7.21. The third-order valence-corrected chi connectivity index (χ3v) is 4.88. The minimum absolute atomic E-state index is 0.111. The Hall–Kier alpha value is -1.52. The fourth-order valence-electron chi connectivity index (χ4n) is 2.75. The van der Waals surface area contributed by atoms with Crippen molar-refractivity contribution in [2.24, 2.45) is 5.92 Å². The van der Waals surface area contributed by atoms with Gasteiger partial charge in [0.15, 0.2) is 5.76 Å². The lowest BCUT2D eigenvalue weighted by Crippen LogP contribution is -2.05. The van der Waals surface area contributed by atoms with Gasteiger partial charge in [-0.2, -0.15) is 0 Å². The van der Waals surface area contributed by atoms with E-state index < -0.39 is 7.60 Å². The first-order valence-corrected chi connectivity index (χ1v) is 9.20. The van der Waals surface area contributed by atoms with E-state index in [1.165, 1.54) is 12.3 Å². The predicted molar refractivity (Wildman–Crippen MR) is 91.2 cm³/mol. The molecule has 0 saturated heterocycles. The molecule has 0 saturated carbocycles. The highest BCUT2D eigenvalue weighted by molar-refractivity contribution is 7.60. The van der Waals surface area contributed by atoms with Gasteiger partial charge in [0, 0.05) is 15.9 Å². The van der Waals surface area contributed by atoms with Crippen molar-refractivity contribution in [3.63, 3.8) is 0 Å². The number of fused-ring (bicyclic) bond motifs is 1. The zero-order valence-corrected chi connectivity index (χ0v) is 14.4. The molecule has 3 rings (SSSR count). The van der Waals surface area contributed by atoms with Gasteiger partial charge < -0.3 is 19.2 Å². The molecule has 3 aromatic rings. The second-order valence-electron chi connectivity index (χ2n) is 5.95. The summed E-state index contributed by atoms with van der Waals surface area (Å²) in [6.07, 6.45) is 2.03. The Bertz CT molecular complexity index is 906. The van der Waals surface area contributed by atoms with E-state index in [2.05, 4.69) is 18.8 Å². The zero-order valence-electron chi connectivity index (χ0n) is 12.7. The molecule has 0 fully saturated rings. The number of hydrogen-bond acceptors (Lipinski definition) is 2. The van der Waals surface area contributed by atoms with Crippen LogP contribution in [-0.4, -0.2) is 14.8 Å². The number of aromatic nitrogens is 1. The molecule has 3 N–H and O–H groups in total. The lowest BCUT2D eigenvalue weighted by molar-refractivity contribution is 0.387. The predicted octanol–water partition coefficient (Wildman–Crippen LogP) is 4.08. The molecule has 122 valence electrons. The number of hydrogen-bond donors (Lipinski definition) is 3. The molecule has 7 heteroatoms. The van der Waals surface area contributed by atoms with E-state index in [1.807, 2.05) is 12.1 Å². The average Bonchev–Trinajstić information content (AvgIpc) is 3.03. The van der Waals surface area contributed by atoms with Gasteiger partial charge in [0.25, 0.3) is 0 Å². The van der Waals surface area contributed by atoms with Gasteiger partial charge in [0.2, 0.25) is 0 Å². The van der Waals surface area contributed by atoms with Crippen molar-refractivity contribution in [1.29, 1.82) is 0 Å². The summed E-state index contributed by atoms with van der Waals surface area (Å²) in [5.41, 5.74) is 2.40. The summed E-state index contributed by atoms with van der Waals surface area (Å²) in [6, 6.07) is 6.79. The van der Waals surface area contributed by atoms with Crippen molar-refractivity contribution < 1.29 is 18.8 Å². The van der Waals surface area contributed by atoms with Crippen LogP contribution in [0.2, 0.25) is 5.02 Å². The number of nitrogens with one attached hydrogen (secondary N) is 1. The molecular formula is C16H17ClNO4P. The number of rotatable bonds is 4. The van der Waals surface area contributed by atoms with Crippen molar-refractivity contribution in [2.45, 2.75) is 20.3 Å². The molecule has 0 unspecified atom stereocenters. The summed E-state index contributed by atoms with van der Waals surface area (Å²) in [7, 11) is -4.42. The van der Waals surface area contributed by atoms with Crippen molar-refractivity contribution in [3.8, 4) is 11.5 Å². The molecule has 0 aliphatic heterocycles. The van der Waals surface area contributed by atoms with Gasteiger partial charge in [-0.3, -0.25) is 4.57 Å². The van der Waals surface area contributed by atoms with E-state index in [-0.39, 0.29) is 11.1 Å². The summed E-state index contributed by atoms with van der Waals surface area (Å²) in [6.45, 7) is 4.17. The lowest BCUT2D eigenvalue weighted by atomic mass is 9.99.